The number of rotatable bonds is 3. The molecule has 2 fully saturated rings. The van der Waals surface area contributed by atoms with Crippen LogP contribution in [0.1, 0.15) is 58.8 Å². The summed E-state index contributed by atoms with van der Waals surface area (Å²) in [6.07, 6.45) is 7.63. The fourth-order valence-corrected chi connectivity index (χ4v) is 4.11. The average Bonchev–Trinajstić information content (AvgIpc) is 2.34. The van der Waals surface area contributed by atoms with Crippen LogP contribution in [-0.2, 0) is 4.79 Å². The van der Waals surface area contributed by atoms with Gasteiger partial charge in [-0.1, -0.05) is 26.7 Å². The Balaban J connectivity index is 2.22. The lowest BCUT2D eigenvalue weighted by molar-refractivity contribution is -0.144. The molecule has 1 heterocycles. The van der Waals surface area contributed by atoms with Crippen molar-refractivity contribution in [3.63, 3.8) is 0 Å². The summed E-state index contributed by atoms with van der Waals surface area (Å²) in [6, 6.07) is 0. The van der Waals surface area contributed by atoms with Gasteiger partial charge in [0.25, 0.3) is 0 Å². The quantitative estimate of drug-likeness (QED) is 0.840. The number of likely N-dealkylation sites (tertiary alicyclic amines) is 1. The Morgan fingerprint density at radius 2 is 1.89 bits per heavy atom. The van der Waals surface area contributed by atoms with Crippen molar-refractivity contribution >= 4 is 5.97 Å². The molecule has 1 N–H and O–H groups in total. The molecule has 0 aromatic heterocycles. The molecule has 3 atom stereocenters. The van der Waals surface area contributed by atoms with Gasteiger partial charge in [-0.2, -0.15) is 0 Å². The molecule has 0 aromatic rings. The summed E-state index contributed by atoms with van der Waals surface area (Å²) in [5.41, 5.74) is -0.0656. The van der Waals surface area contributed by atoms with Gasteiger partial charge in [-0.3, -0.25) is 9.69 Å². The Kier molecular flexibility index (Phi) is 4.31. The van der Waals surface area contributed by atoms with E-state index in [2.05, 4.69) is 18.7 Å². The molecule has 1 aliphatic heterocycles. The maximum atomic E-state index is 11.3. The Morgan fingerprint density at radius 3 is 2.50 bits per heavy atom. The summed E-state index contributed by atoms with van der Waals surface area (Å²) in [6.45, 7) is 6.75. The molecule has 3 unspecified atom stereocenters. The second-order valence-electron chi connectivity index (χ2n) is 6.51. The summed E-state index contributed by atoms with van der Waals surface area (Å²) < 4.78 is 0. The van der Waals surface area contributed by atoms with Crippen LogP contribution >= 0.6 is 0 Å². The molecule has 0 amide bonds. The first-order valence-corrected chi connectivity index (χ1v) is 7.51. The summed E-state index contributed by atoms with van der Waals surface area (Å²) in [4.78, 5) is 13.9. The predicted molar refractivity (Wildman–Crippen MR) is 72.6 cm³/mol. The molecule has 2 aliphatic rings. The van der Waals surface area contributed by atoms with Gasteiger partial charge in [0.2, 0.25) is 0 Å². The van der Waals surface area contributed by atoms with E-state index in [1.165, 1.54) is 32.1 Å². The van der Waals surface area contributed by atoms with Gasteiger partial charge >= 0.3 is 5.97 Å². The summed E-state index contributed by atoms with van der Waals surface area (Å²) in [5, 5.41) is 9.34. The number of hydrogen-bond acceptors (Lipinski definition) is 2. The Bertz CT molecular complexity index is 299. The maximum absolute atomic E-state index is 11.3. The number of carbonyl (C=O) groups is 1. The molecule has 3 nitrogen and oxygen atoms in total. The number of carboxylic acids is 1. The minimum Gasteiger partial charge on any atom is -0.481 e. The highest BCUT2D eigenvalue weighted by Crippen LogP contribution is 2.44. The normalized spacial score (nSPS) is 38.6. The second kappa shape index (κ2) is 5.60. The van der Waals surface area contributed by atoms with Crippen molar-refractivity contribution in [1.29, 1.82) is 0 Å². The van der Waals surface area contributed by atoms with Crippen molar-refractivity contribution in [3.05, 3.63) is 0 Å². The highest BCUT2D eigenvalue weighted by molar-refractivity contribution is 5.68. The van der Waals surface area contributed by atoms with Crippen LogP contribution in [0.5, 0.6) is 0 Å². The molecule has 2 rings (SSSR count). The van der Waals surface area contributed by atoms with Crippen LogP contribution in [0.25, 0.3) is 0 Å². The van der Waals surface area contributed by atoms with Crippen LogP contribution in [0.15, 0.2) is 0 Å². The first-order valence-electron chi connectivity index (χ1n) is 7.51. The SMILES string of the molecule is CC1CCC(C)C(CC(=O)O)(N2CCCCC2)C1. The fourth-order valence-electron chi connectivity index (χ4n) is 4.11. The number of piperidine rings is 1. The van der Waals surface area contributed by atoms with E-state index in [-0.39, 0.29) is 5.54 Å². The molecule has 0 aromatic carbocycles. The van der Waals surface area contributed by atoms with Crippen LogP contribution in [0.4, 0.5) is 0 Å². The number of carboxylic acid groups (broad SMARTS) is 1. The van der Waals surface area contributed by atoms with Crippen LogP contribution in [0.2, 0.25) is 0 Å². The molecule has 0 spiro atoms. The van der Waals surface area contributed by atoms with Crippen molar-refractivity contribution in [3.8, 4) is 0 Å². The van der Waals surface area contributed by atoms with Crippen LogP contribution in [0, 0.1) is 11.8 Å². The lowest BCUT2D eigenvalue weighted by Crippen LogP contribution is -2.58. The Labute approximate surface area is 111 Å². The van der Waals surface area contributed by atoms with Crippen LogP contribution in [-0.4, -0.2) is 34.6 Å². The molecule has 3 heteroatoms. The number of aliphatic carboxylic acids is 1. The number of nitrogens with zero attached hydrogens (tertiary/aromatic N) is 1. The van der Waals surface area contributed by atoms with Crippen LogP contribution in [0.3, 0.4) is 0 Å². The average molecular weight is 253 g/mol. The highest BCUT2D eigenvalue weighted by atomic mass is 16.4. The van der Waals surface area contributed by atoms with Gasteiger partial charge in [0.1, 0.15) is 0 Å². The third-order valence-electron chi connectivity index (χ3n) is 5.15. The van der Waals surface area contributed by atoms with E-state index in [4.69, 9.17) is 0 Å². The van der Waals surface area contributed by atoms with Gasteiger partial charge in [0.15, 0.2) is 0 Å². The van der Waals surface area contributed by atoms with Crippen LogP contribution < -0.4 is 0 Å². The molecule has 0 bridgehead atoms. The third kappa shape index (κ3) is 2.71. The van der Waals surface area contributed by atoms with Crippen molar-refractivity contribution in [2.75, 3.05) is 13.1 Å². The molecule has 1 aliphatic carbocycles. The molecular weight excluding hydrogens is 226 g/mol. The van der Waals surface area contributed by atoms with E-state index in [1.807, 2.05) is 0 Å². The van der Waals surface area contributed by atoms with E-state index in [9.17, 15) is 9.90 Å². The molecular formula is C15H27NO2. The summed E-state index contributed by atoms with van der Waals surface area (Å²) in [5.74, 6) is 0.562. The fraction of sp³-hybridized carbons (Fsp3) is 0.933. The van der Waals surface area contributed by atoms with Crippen molar-refractivity contribution < 1.29 is 9.90 Å². The molecule has 1 saturated heterocycles. The van der Waals surface area contributed by atoms with E-state index in [1.54, 1.807) is 0 Å². The van der Waals surface area contributed by atoms with Crippen molar-refractivity contribution in [2.45, 2.75) is 64.3 Å². The van der Waals surface area contributed by atoms with E-state index < -0.39 is 5.97 Å². The van der Waals surface area contributed by atoms with E-state index in [0.717, 1.165) is 19.5 Å². The predicted octanol–water partition coefficient (Wildman–Crippen LogP) is 3.14. The number of hydrogen-bond donors (Lipinski definition) is 1. The third-order valence-corrected chi connectivity index (χ3v) is 5.15. The Hall–Kier alpha value is -0.570. The molecule has 104 valence electrons. The summed E-state index contributed by atoms with van der Waals surface area (Å²) in [7, 11) is 0. The first kappa shape index (κ1) is 13.9. The van der Waals surface area contributed by atoms with Crippen molar-refractivity contribution in [1.82, 2.24) is 4.90 Å². The second-order valence-corrected chi connectivity index (χ2v) is 6.51. The smallest absolute Gasteiger partial charge is 0.305 e. The van der Waals surface area contributed by atoms with Gasteiger partial charge in [-0.25, -0.2) is 0 Å². The largest absolute Gasteiger partial charge is 0.481 e. The lowest BCUT2D eigenvalue weighted by Gasteiger charge is -2.53. The Morgan fingerprint density at radius 1 is 1.22 bits per heavy atom. The molecule has 1 saturated carbocycles. The molecule has 0 radical (unpaired) electrons. The monoisotopic (exact) mass is 253 g/mol. The zero-order chi connectivity index (χ0) is 13.2. The van der Waals surface area contributed by atoms with Crippen molar-refractivity contribution in [2.24, 2.45) is 11.8 Å². The molecule has 18 heavy (non-hydrogen) atoms. The van der Waals surface area contributed by atoms with Gasteiger partial charge in [-0.15, -0.1) is 0 Å². The topological polar surface area (TPSA) is 40.5 Å². The van der Waals surface area contributed by atoms with Gasteiger partial charge < -0.3 is 5.11 Å². The first-order chi connectivity index (χ1) is 8.54. The van der Waals surface area contributed by atoms with Gasteiger partial charge in [-0.05, 0) is 50.6 Å². The standard InChI is InChI=1S/C15H27NO2/c1-12-6-7-13(2)15(10-12,11-14(17)18)16-8-4-3-5-9-16/h12-13H,3-11H2,1-2H3,(H,17,18). The minimum atomic E-state index is -0.624. The van der Waals surface area contributed by atoms with E-state index in [0.29, 0.717) is 18.3 Å². The lowest BCUT2D eigenvalue weighted by atomic mass is 9.66. The van der Waals surface area contributed by atoms with Gasteiger partial charge in [0, 0.05) is 5.54 Å². The van der Waals surface area contributed by atoms with Gasteiger partial charge in [0.05, 0.1) is 6.42 Å². The minimum absolute atomic E-state index is 0.0656. The highest BCUT2D eigenvalue weighted by Gasteiger charge is 2.46. The van der Waals surface area contributed by atoms with E-state index >= 15 is 0 Å². The maximum Gasteiger partial charge on any atom is 0.305 e. The summed E-state index contributed by atoms with van der Waals surface area (Å²) >= 11 is 0. The zero-order valence-electron chi connectivity index (χ0n) is 11.8. The zero-order valence-corrected chi connectivity index (χ0v) is 11.8.